The second kappa shape index (κ2) is 11.3. The minimum absolute atomic E-state index is 0.0993. The maximum atomic E-state index is 12.6. The molecule has 1 aliphatic heterocycles. The van der Waals surface area contributed by atoms with Gasteiger partial charge in [-0.3, -0.25) is 9.52 Å². The quantitative estimate of drug-likeness (QED) is 0.529. The molecule has 1 fully saturated rings. The summed E-state index contributed by atoms with van der Waals surface area (Å²) in [5.74, 6) is 1.30. The van der Waals surface area contributed by atoms with Crippen LogP contribution in [0.5, 0.6) is 5.75 Å². The van der Waals surface area contributed by atoms with Crippen molar-refractivity contribution in [3.8, 4) is 5.75 Å². The van der Waals surface area contributed by atoms with Crippen molar-refractivity contribution in [2.24, 2.45) is 5.92 Å². The highest BCUT2D eigenvalue weighted by Gasteiger charge is 2.16. The standard InChI is InChI=1S/C24H33N3O4S/c1-3-31-22-9-7-21(8-10-22)26-32(29,30)23-11-5-20(6-12-23)24(28)25-15-4-16-27-17-13-19(2)14-18-27/h5-12,19,26H,3-4,13-18H2,1-2H3,(H,25,28). The van der Waals surface area contributed by atoms with Gasteiger partial charge in [0, 0.05) is 17.8 Å². The molecular weight excluding hydrogens is 426 g/mol. The number of anilines is 1. The zero-order valence-corrected chi connectivity index (χ0v) is 19.7. The molecule has 1 aliphatic rings. The van der Waals surface area contributed by atoms with Crippen molar-refractivity contribution in [3.63, 3.8) is 0 Å². The highest BCUT2D eigenvalue weighted by molar-refractivity contribution is 7.92. The lowest BCUT2D eigenvalue weighted by Gasteiger charge is -2.30. The Balaban J connectivity index is 1.48. The highest BCUT2D eigenvalue weighted by Crippen LogP contribution is 2.20. The van der Waals surface area contributed by atoms with E-state index in [1.165, 1.54) is 37.1 Å². The van der Waals surface area contributed by atoms with Crippen LogP contribution in [0.25, 0.3) is 0 Å². The third kappa shape index (κ3) is 6.97. The number of ether oxygens (including phenoxy) is 1. The topological polar surface area (TPSA) is 87.7 Å². The average Bonchev–Trinajstić information content (AvgIpc) is 2.79. The summed E-state index contributed by atoms with van der Waals surface area (Å²) in [6.07, 6.45) is 3.39. The zero-order valence-electron chi connectivity index (χ0n) is 18.8. The number of rotatable bonds is 10. The van der Waals surface area contributed by atoms with E-state index in [0.717, 1.165) is 32.0 Å². The summed E-state index contributed by atoms with van der Waals surface area (Å²) >= 11 is 0. The smallest absolute Gasteiger partial charge is 0.261 e. The number of carbonyl (C=O) groups excluding carboxylic acids is 1. The monoisotopic (exact) mass is 459 g/mol. The Morgan fingerprint density at radius 1 is 1.06 bits per heavy atom. The van der Waals surface area contributed by atoms with Gasteiger partial charge in [0.15, 0.2) is 0 Å². The fourth-order valence-corrected chi connectivity index (χ4v) is 4.74. The molecular formula is C24H33N3O4S. The van der Waals surface area contributed by atoms with E-state index in [2.05, 4.69) is 21.9 Å². The predicted octanol–water partition coefficient (Wildman–Crippen LogP) is 3.74. The molecule has 2 N–H and O–H groups in total. The van der Waals surface area contributed by atoms with Crippen molar-refractivity contribution in [1.82, 2.24) is 10.2 Å². The molecule has 174 valence electrons. The Morgan fingerprint density at radius 3 is 2.34 bits per heavy atom. The molecule has 0 bridgehead atoms. The largest absolute Gasteiger partial charge is 0.494 e. The van der Waals surface area contributed by atoms with Gasteiger partial charge in [-0.15, -0.1) is 0 Å². The van der Waals surface area contributed by atoms with Crippen molar-refractivity contribution in [1.29, 1.82) is 0 Å². The van der Waals surface area contributed by atoms with Gasteiger partial charge in [-0.2, -0.15) is 0 Å². The third-order valence-corrected chi connectivity index (χ3v) is 7.05. The second-order valence-corrected chi connectivity index (χ2v) is 9.90. The normalized spacial score (nSPS) is 15.3. The van der Waals surface area contributed by atoms with Gasteiger partial charge in [0.1, 0.15) is 5.75 Å². The number of hydrogen-bond acceptors (Lipinski definition) is 5. The summed E-state index contributed by atoms with van der Waals surface area (Å²) < 4.78 is 33.2. The number of carbonyl (C=O) groups is 1. The van der Waals surface area contributed by atoms with Crippen LogP contribution in [0.2, 0.25) is 0 Å². The van der Waals surface area contributed by atoms with Gasteiger partial charge in [0.25, 0.3) is 15.9 Å². The van der Waals surface area contributed by atoms with E-state index in [-0.39, 0.29) is 10.8 Å². The summed E-state index contributed by atoms with van der Waals surface area (Å²) in [7, 11) is -3.75. The van der Waals surface area contributed by atoms with Crippen molar-refractivity contribution in [3.05, 3.63) is 54.1 Å². The van der Waals surface area contributed by atoms with Crippen LogP contribution in [0.4, 0.5) is 5.69 Å². The number of benzene rings is 2. The van der Waals surface area contributed by atoms with E-state index in [1.54, 1.807) is 24.3 Å². The minimum Gasteiger partial charge on any atom is -0.494 e. The molecule has 0 atom stereocenters. The van der Waals surface area contributed by atoms with Gasteiger partial charge >= 0.3 is 0 Å². The number of hydrogen-bond donors (Lipinski definition) is 2. The first-order chi connectivity index (χ1) is 15.4. The van der Waals surface area contributed by atoms with E-state index >= 15 is 0 Å². The summed E-state index contributed by atoms with van der Waals surface area (Å²) in [5, 5.41) is 2.92. The van der Waals surface area contributed by atoms with Crippen LogP contribution in [0.1, 0.15) is 43.5 Å². The Kier molecular flexibility index (Phi) is 8.53. The molecule has 0 aromatic heterocycles. The Morgan fingerprint density at radius 2 is 1.72 bits per heavy atom. The lowest BCUT2D eigenvalue weighted by atomic mass is 9.99. The van der Waals surface area contributed by atoms with Gasteiger partial charge in [-0.05, 0) is 100 Å². The molecule has 2 aromatic carbocycles. The highest BCUT2D eigenvalue weighted by atomic mass is 32.2. The van der Waals surface area contributed by atoms with Crippen LogP contribution in [0.15, 0.2) is 53.4 Å². The summed E-state index contributed by atoms with van der Waals surface area (Å²) in [4.78, 5) is 14.9. The van der Waals surface area contributed by atoms with Gasteiger partial charge in [0.2, 0.25) is 0 Å². The van der Waals surface area contributed by atoms with Crippen LogP contribution in [0.3, 0.4) is 0 Å². The van der Waals surface area contributed by atoms with Crippen molar-refractivity contribution in [2.45, 2.75) is 38.0 Å². The molecule has 1 saturated heterocycles. The minimum atomic E-state index is -3.75. The van der Waals surface area contributed by atoms with Crippen molar-refractivity contribution in [2.75, 3.05) is 37.5 Å². The molecule has 7 nitrogen and oxygen atoms in total. The first kappa shape index (κ1) is 24.1. The molecule has 0 saturated carbocycles. The van der Waals surface area contributed by atoms with E-state index in [0.29, 0.717) is 30.2 Å². The number of likely N-dealkylation sites (tertiary alicyclic amines) is 1. The van der Waals surface area contributed by atoms with E-state index in [1.807, 2.05) is 6.92 Å². The zero-order chi connectivity index (χ0) is 23.0. The SMILES string of the molecule is CCOc1ccc(NS(=O)(=O)c2ccc(C(=O)NCCCN3CCC(C)CC3)cc2)cc1. The van der Waals surface area contributed by atoms with Crippen LogP contribution in [0, 0.1) is 5.92 Å². The molecule has 0 radical (unpaired) electrons. The van der Waals surface area contributed by atoms with Crippen molar-refractivity contribution < 1.29 is 17.9 Å². The van der Waals surface area contributed by atoms with Crippen LogP contribution in [-0.2, 0) is 10.0 Å². The maximum Gasteiger partial charge on any atom is 0.261 e. The lowest BCUT2D eigenvalue weighted by molar-refractivity contribution is 0.0950. The summed E-state index contributed by atoms with van der Waals surface area (Å²) in [6.45, 7) is 8.58. The van der Waals surface area contributed by atoms with Gasteiger partial charge in [-0.1, -0.05) is 6.92 Å². The summed E-state index contributed by atoms with van der Waals surface area (Å²) in [5.41, 5.74) is 0.884. The molecule has 8 heteroatoms. The van der Waals surface area contributed by atoms with Crippen LogP contribution >= 0.6 is 0 Å². The number of sulfonamides is 1. The number of amides is 1. The predicted molar refractivity (Wildman–Crippen MR) is 127 cm³/mol. The molecule has 32 heavy (non-hydrogen) atoms. The number of nitrogens with one attached hydrogen (secondary N) is 2. The fraction of sp³-hybridized carbons (Fsp3) is 0.458. The Labute approximate surface area is 191 Å². The fourth-order valence-electron chi connectivity index (χ4n) is 3.68. The number of piperidine rings is 1. The van der Waals surface area contributed by atoms with Gasteiger partial charge in [0.05, 0.1) is 11.5 Å². The van der Waals surface area contributed by atoms with Crippen LogP contribution < -0.4 is 14.8 Å². The third-order valence-electron chi connectivity index (χ3n) is 5.66. The maximum absolute atomic E-state index is 12.6. The average molecular weight is 460 g/mol. The first-order valence-electron chi connectivity index (χ1n) is 11.2. The van der Waals surface area contributed by atoms with Crippen LogP contribution in [-0.4, -0.2) is 52.0 Å². The van der Waals surface area contributed by atoms with E-state index in [9.17, 15) is 13.2 Å². The molecule has 0 aliphatic carbocycles. The van der Waals surface area contributed by atoms with Gasteiger partial charge < -0.3 is 15.0 Å². The Bertz CT molecular complexity index is 967. The molecule has 2 aromatic rings. The second-order valence-electron chi connectivity index (χ2n) is 8.22. The first-order valence-corrected chi connectivity index (χ1v) is 12.7. The lowest BCUT2D eigenvalue weighted by Crippen LogP contribution is -2.35. The summed E-state index contributed by atoms with van der Waals surface area (Å²) in [6, 6.07) is 12.7. The van der Waals surface area contributed by atoms with Crippen molar-refractivity contribution >= 4 is 21.6 Å². The van der Waals surface area contributed by atoms with E-state index in [4.69, 9.17) is 4.74 Å². The number of nitrogens with zero attached hydrogens (tertiary/aromatic N) is 1. The molecule has 1 amide bonds. The van der Waals surface area contributed by atoms with E-state index < -0.39 is 10.0 Å². The molecule has 1 heterocycles. The Hall–Kier alpha value is -2.58. The molecule has 3 rings (SSSR count). The molecule has 0 unspecified atom stereocenters. The van der Waals surface area contributed by atoms with Gasteiger partial charge in [-0.25, -0.2) is 8.42 Å². The molecule has 0 spiro atoms.